The van der Waals surface area contributed by atoms with Gasteiger partial charge in [-0.2, -0.15) is 8.78 Å². The van der Waals surface area contributed by atoms with Crippen LogP contribution >= 0.6 is 15.9 Å². The molecule has 1 saturated carbocycles. The Morgan fingerprint density at radius 1 is 1.40 bits per heavy atom. The second-order valence-corrected chi connectivity index (χ2v) is 5.67. The van der Waals surface area contributed by atoms with Crippen molar-refractivity contribution < 1.29 is 18.3 Å². The number of nitrogens with one attached hydrogen (secondary N) is 1. The van der Waals surface area contributed by atoms with Crippen LogP contribution in [0, 0.1) is 0 Å². The third kappa shape index (κ3) is 4.40. The van der Waals surface area contributed by atoms with Crippen molar-refractivity contribution in [2.75, 3.05) is 6.61 Å². The van der Waals surface area contributed by atoms with Crippen LogP contribution in [0.2, 0.25) is 0 Å². The highest BCUT2D eigenvalue weighted by Gasteiger charge is 2.29. The third-order valence-electron chi connectivity index (χ3n) is 3.32. The number of hydrogen-bond acceptors (Lipinski definition) is 3. The third-order valence-corrected chi connectivity index (χ3v) is 3.81. The number of halogens is 3. The molecule has 3 nitrogen and oxygen atoms in total. The van der Waals surface area contributed by atoms with Crippen molar-refractivity contribution in [2.45, 2.75) is 45.1 Å². The summed E-state index contributed by atoms with van der Waals surface area (Å²) in [5.74, 6) is 0.219. The SMILES string of the molecule is CCOC1CC(NCc2cc(Br)ccc2OC(F)F)C1. The van der Waals surface area contributed by atoms with E-state index in [0.717, 1.165) is 29.5 Å². The molecule has 112 valence electrons. The van der Waals surface area contributed by atoms with Crippen LogP contribution in [-0.2, 0) is 11.3 Å². The van der Waals surface area contributed by atoms with Crippen LogP contribution in [0.5, 0.6) is 5.75 Å². The minimum atomic E-state index is -2.80. The highest BCUT2D eigenvalue weighted by molar-refractivity contribution is 9.10. The predicted octanol–water partition coefficient (Wildman–Crippen LogP) is 3.71. The lowest BCUT2D eigenvalue weighted by molar-refractivity contribution is -0.0506. The largest absolute Gasteiger partial charge is 0.434 e. The first-order chi connectivity index (χ1) is 9.58. The van der Waals surface area contributed by atoms with Crippen LogP contribution in [0.15, 0.2) is 22.7 Å². The fourth-order valence-electron chi connectivity index (χ4n) is 2.26. The number of alkyl halides is 2. The molecule has 0 aromatic heterocycles. The molecule has 1 aliphatic carbocycles. The van der Waals surface area contributed by atoms with Crippen molar-refractivity contribution in [1.29, 1.82) is 0 Å². The Balaban J connectivity index is 1.87. The van der Waals surface area contributed by atoms with E-state index in [9.17, 15) is 8.78 Å². The quantitative estimate of drug-likeness (QED) is 0.813. The molecule has 1 N–H and O–H groups in total. The molecular weight excluding hydrogens is 332 g/mol. The summed E-state index contributed by atoms with van der Waals surface area (Å²) in [7, 11) is 0. The Kier molecular flexibility index (Phi) is 5.74. The molecule has 0 spiro atoms. The smallest absolute Gasteiger partial charge is 0.387 e. The molecule has 1 aliphatic rings. The van der Waals surface area contributed by atoms with Gasteiger partial charge in [-0.05, 0) is 38.0 Å². The Hall–Kier alpha value is -0.720. The van der Waals surface area contributed by atoms with E-state index in [2.05, 4.69) is 26.0 Å². The monoisotopic (exact) mass is 349 g/mol. The van der Waals surface area contributed by atoms with E-state index in [0.29, 0.717) is 18.7 Å². The molecular formula is C14H18BrF2NO2. The Labute approximate surface area is 125 Å². The number of rotatable bonds is 7. The normalized spacial score (nSPS) is 21.9. The summed E-state index contributed by atoms with van der Waals surface area (Å²) in [6.45, 7) is 0.414. The summed E-state index contributed by atoms with van der Waals surface area (Å²) in [6, 6.07) is 5.42. The van der Waals surface area contributed by atoms with E-state index in [1.54, 1.807) is 18.2 Å². The molecule has 1 aromatic rings. The van der Waals surface area contributed by atoms with Crippen LogP contribution < -0.4 is 10.1 Å². The van der Waals surface area contributed by atoms with Gasteiger partial charge in [0.2, 0.25) is 0 Å². The Bertz CT molecular complexity index is 439. The summed E-state index contributed by atoms with van der Waals surface area (Å²) in [4.78, 5) is 0. The first-order valence-electron chi connectivity index (χ1n) is 6.66. The topological polar surface area (TPSA) is 30.5 Å². The summed E-state index contributed by atoms with van der Waals surface area (Å²) in [5, 5.41) is 3.34. The molecule has 0 amide bonds. The zero-order chi connectivity index (χ0) is 14.5. The minimum absolute atomic E-state index is 0.219. The summed E-state index contributed by atoms with van der Waals surface area (Å²) < 4.78 is 35.5. The van der Waals surface area contributed by atoms with E-state index >= 15 is 0 Å². The minimum Gasteiger partial charge on any atom is -0.434 e. The lowest BCUT2D eigenvalue weighted by Gasteiger charge is -2.35. The lowest BCUT2D eigenvalue weighted by Crippen LogP contribution is -2.45. The average molecular weight is 350 g/mol. The summed E-state index contributed by atoms with van der Waals surface area (Å²) in [5.41, 5.74) is 0.722. The molecule has 0 aliphatic heterocycles. The molecule has 0 bridgehead atoms. The molecule has 2 rings (SSSR count). The van der Waals surface area contributed by atoms with Gasteiger partial charge < -0.3 is 14.8 Å². The second-order valence-electron chi connectivity index (χ2n) is 4.76. The molecule has 0 atom stereocenters. The van der Waals surface area contributed by atoms with Crippen LogP contribution in [0.4, 0.5) is 8.78 Å². The van der Waals surface area contributed by atoms with Crippen LogP contribution in [0.1, 0.15) is 25.3 Å². The molecule has 6 heteroatoms. The Morgan fingerprint density at radius 2 is 2.15 bits per heavy atom. The molecule has 0 radical (unpaired) electrons. The van der Waals surface area contributed by atoms with E-state index < -0.39 is 6.61 Å². The average Bonchev–Trinajstić information content (AvgIpc) is 2.34. The van der Waals surface area contributed by atoms with Crippen molar-refractivity contribution in [2.24, 2.45) is 0 Å². The number of ether oxygens (including phenoxy) is 2. The van der Waals surface area contributed by atoms with Crippen LogP contribution in [0.25, 0.3) is 0 Å². The highest BCUT2D eigenvalue weighted by Crippen LogP contribution is 2.27. The van der Waals surface area contributed by atoms with Gasteiger partial charge in [-0.1, -0.05) is 15.9 Å². The predicted molar refractivity (Wildman–Crippen MR) is 76.0 cm³/mol. The molecule has 0 unspecified atom stereocenters. The second kappa shape index (κ2) is 7.33. The van der Waals surface area contributed by atoms with Gasteiger partial charge in [0.05, 0.1) is 6.10 Å². The van der Waals surface area contributed by atoms with Crippen LogP contribution in [0.3, 0.4) is 0 Å². The van der Waals surface area contributed by atoms with Gasteiger partial charge in [0.15, 0.2) is 0 Å². The fraction of sp³-hybridized carbons (Fsp3) is 0.571. The fourth-order valence-corrected chi connectivity index (χ4v) is 2.66. The van der Waals surface area contributed by atoms with Gasteiger partial charge in [0.1, 0.15) is 5.75 Å². The van der Waals surface area contributed by atoms with Gasteiger partial charge in [-0.3, -0.25) is 0 Å². The van der Waals surface area contributed by atoms with E-state index in [1.165, 1.54) is 0 Å². The van der Waals surface area contributed by atoms with Crippen LogP contribution in [-0.4, -0.2) is 25.4 Å². The highest BCUT2D eigenvalue weighted by atomic mass is 79.9. The van der Waals surface area contributed by atoms with Crippen molar-refractivity contribution in [3.63, 3.8) is 0 Å². The maximum Gasteiger partial charge on any atom is 0.387 e. The molecule has 20 heavy (non-hydrogen) atoms. The van der Waals surface area contributed by atoms with E-state index in [-0.39, 0.29) is 5.75 Å². The van der Waals surface area contributed by atoms with Gasteiger partial charge in [-0.25, -0.2) is 0 Å². The molecule has 0 saturated heterocycles. The maximum atomic E-state index is 12.3. The Morgan fingerprint density at radius 3 is 2.80 bits per heavy atom. The van der Waals surface area contributed by atoms with Gasteiger partial charge in [-0.15, -0.1) is 0 Å². The first kappa shape index (κ1) is 15.7. The molecule has 0 heterocycles. The van der Waals surface area contributed by atoms with Crippen molar-refractivity contribution in [1.82, 2.24) is 5.32 Å². The van der Waals surface area contributed by atoms with Crippen molar-refractivity contribution in [3.8, 4) is 5.75 Å². The lowest BCUT2D eigenvalue weighted by atomic mass is 9.89. The van der Waals surface area contributed by atoms with Gasteiger partial charge >= 0.3 is 6.61 Å². The summed E-state index contributed by atoms with van der Waals surface area (Å²) in [6.07, 6.45) is 2.26. The van der Waals surface area contributed by atoms with Gasteiger partial charge in [0.25, 0.3) is 0 Å². The molecule has 1 aromatic carbocycles. The standard InChI is InChI=1S/C14H18BrF2NO2/c1-2-19-12-6-11(7-12)18-8-9-5-10(15)3-4-13(9)20-14(16)17/h3-5,11-12,14,18H,2,6-8H2,1H3. The van der Waals surface area contributed by atoms with Crippen molar-refractivity contribution in [3.05, 3.63) is 28.2 Å². The first-order valence-corrected chi connectivity index (χ1v) is 7.46. The van der Waals surface area contributed by atoms with Gasteiger partial charge in [0, 0.05) is 29.2 Å². The zero-order valence-corrected chi connectivity index (χ0v) is 12.8. The number of hydrogen-bond donors (Lipinski definition) is 1. The molecule has 1 fully saturated rings. The van der Waals surface area contributed by atoms with E-state index in [1.807, 2.05) is 6.92 Å². The zero-order valence-electron chi connectivity index (χ0n) is 11.2. The number of benzene rings is 1. The van der Waals surface area contributed by atoms with Crippen molar-refractivity contribution >= 4 is 15.9 Å². The summed E-state index contributed by atoms with van der Waals surface area (Å²) >= 11 is 3.34. The maximum absolute atomic E-state index is 12.3. The van der Waals surface area contributed by atoms with E-state index in [4.69, 9.17) is 4.74 Å².